The molecule has 0 aliphatic heterocycles. The van der Waals surface area contributed by atoms with Gasteiger partial charge in [-0.3, -0.25) is 0 Å². The van der Waals surface area contributed by atoms with E-state index < -0.39 is 12.1 Å². The lowest BCUT2D eigenvalue weighted by molar-refractivity contribution is -0.147. The summed E-state index contributed by atoms with van der Waals surface area (Å²) in [7, 11) is 1.53. The molecule has 1 atom stereocenters. The third-order valence-electron chi connectivity index (χ3n) is 1.11. The predicted molar refractivity (Wildman–Crippen MR) is 39.8 cm³/mol. The van der Waals surface area contributed by atoms with Crippen molar-refractivity contribution < 1.29 is 19.7 Å². The summed E-state index contributed by atoms with van der Waals surface area (Å²) < 4.78 is 4.67. The van der Waals surface area contributed by atoms with Gasteiger partial charge in [0.05, 0.1) is 0 Å². The highest BCUT2D eigenvalue weighted by atomic mass is 16.5. The van der Waals surface area contributed by atoms with Crippen LogP contribution in [0.25, 0.3) is 0 Å². The van der Waals surface area contributed by atoms with Crippen LogP contribution >= 0.6 is 0 Å². The Labute approximate surface area is 65.6 Å². The van der Waals surface area contributed by atoms with E-state index in [1.165, 1.54) is 7.11 Å². The van der Waals surface area contributed by atoms with Crippen molar-refractivity contribution >= 4 is 5.97 Å². The van der Waals surface area contributed by atoms with Gasteiger partial charge in [-0.25, -0.2) is 4.79 Å². The van der Waals surface area contributed by atoms with Gasteiger partial charge in [0.25, 0.3) is 0 Å². The van der Waals surface area contributed by atoms with Crippen molar-refractivity contribution in [3.05, 3.63) is 0 Å². The van der Waals surface area contributed by atoms with Gasteiger partial charge < -0.3 is 21.1 Å². The Balaban J connectivity index is 0. The molecule has 0 fully saturated rings. The molecule has 0 radical (unpaired) electrons. The van der Waals surface area contributed by atoms with Crippen LogP contribution in [0, 0.1) is 0 Å². The maximum atomic E-state index is 10.0. The Hall–Kier alpha value is -0.650. The van der Waals surface area contributed by atoms with Crippen molar-refractivity contribution in [3.8, 4) is 0 Å². The molecule has 0 bridgehead atoms. The number of carbonyl (C=O) groups is 1. The van der Waals surface area contributed by atoms with Crippen molar-refractivity contribution in [2.24, 2.45) is 0 Å². The van der Waals surface area contributed by atoms with Crippen LogP contribution in [0.3, 0.4) is 0 Å². The predicted octanol–water partition coefficient (Wildman–Crippen LogP) is 0.0205. The Kier molecular flexibility index (Phi) is 8.80. The highest BCUT2D eigenvalue weighted by molar-refractivity contribution is 5.71. The lowest BCUT2D eigenvalue weighted by Crippen LogP contribution is -2.19. The van der Waals surface area contributed by atoms with Crippen molar-refractivity contribution in [1.29, 1.82) is 0 Å². The molecular weight excluding hydrogens is 150 g/mol. The molecule has 0 rings (SSSR count). The smallest absolute Gasteiger partial charge is 0.332 e. The summed E-state index contributed by atoms with van der Waals surface area (Å²) in [6.07, 6.45) is -0.414. The highest BCUT2D eigenvalue weighted by Crippen LogP contribution is 1.96. The zero-order valence-corrected chi connectivity index (χ0v) is 6.62. The van der Waals surface area contributed by atoms with E-state index in [1.807, 2.05) is 0 Å². The number of aliphatic hydroxyl groups excluding tert-OH is 1. The topological polar surface area (TPSA) is 102 Å². The molecule has 0 aromatic carbocycles. The van der Waals surface area contributed by atoms with Crippen LogP contribution < -0.4 is 6.15 Å². The second-order valence-corrected chi connectivity index (χ2v) is 1.99. The standard InChI is InChI=1S/C6H12O4.H3N/c1-10-4-2-3-5(7)6(8)9;/h5,7H,2-4H2,1H3,(H,8,9);1H3. The molecule has 0 aliphatic carbocycles. The molecule has 0 saturated carbocycles. The van der Waals surface area contributed by atoms with Crippen molar-refractivity contribution in [1.82, 2.24) is 6.15 Å². The Morgan fingerprint density at radius 2 is 2.18 bits per heavy atom. The van der Waals surface area contributed by atoms with E-state index in [9.17, 15) is 4.79 Å². The van der Waals surface area contributed by atoms with Crippen LogP contribution in [0.4, 0.5) is 0 Å². The van der Waals surface area contributed by atoms with Crippen molar-refractivity contribution in [3.63, 3.8) is 0 Å². The summed E-state index contributed by atoms with van der Waals surface area (Å²) in [6, 6.07) is 0. The van der Waals surface area contributed by atoms with Crippen LogP contribution in [0.5, 0.6) is 0 Å². The normalized spacial score (nSPS) is 11.8. The zero-order chi connectivity index (χ0) is 7.98. The van der Waals surface area contributed by atoms with E-state index in [1.54, 1.807) is 0 Å². The van der Waals surface area contributed by atoms with Crippen LogP contribution in [0.2, 0.25) is 0 Å². The molecular formula is C6H15NO4. The first-order valence-electron chi connectivity index (χ1n) is 3.08. The second kappa shape index (κ2) is 7.46. The molecule has 5 nitrogen and oxygen atoms in total. The van der Waals surface area contributed by atoms with E-state index in [4.69, 9.17) is 10.2 Å². The summed E-state index contributed by atoms with van der Waals surface area (Å²) in [5.41, 5.74) is 0. The van der Waals surface area contributed by atoms with E-state index >= 15 is 0 Å². The van der Waals surface area contributed by atoms with Gasteiger partial charge in [0.2, 0.25) is 0 Å². The number of carboxylic acid groups (broad SMARTS) is 1. The van der Waals surface area contributed by atoms with E-state index in [-0.39, 0.29) is 12.6 Å². The molecule has 1 unspecified atom stereocenters. The van der Waals surface area contributed by atoms with Crippen LogP contribution in [-0.4, -0.2) is 36.0 Å². The number of carboxylic acids is 1. The summed E-state index contributed by atoms with van der Waals surface area (Å²) in [4.78, 5) is 10.0. The van der Waals surface area contributed by atoms with Crippen LogP contribution in [0.15, 0.2) is 0 Å². The molecule has 0 saturated heterocycles. The van der Waals surface area contributed by atoms with Gasteiger partial charge in [-0.2, -0.15) is 0 Å². The quantitative estimate of drug-likeness (QED) is 0.498. The molecule has 5 heteroatoms. The first-order chi connectivity index (χ1) is 4.68. The molecule has 0 amide bonds. The first-order valence-corrected chi connectivity index (χ1v) is 3.08. The van der Waals surface area contributed by atoms with Crippen LogP contribution in [0.1, 0.15) is 12.8 Å². The second-order valence-electron chi connectivity index (χ2n) is 1.99. The van der Waals surface area contributed by atoms with E-state index in [0.717, 1.165) is 0 Å². The van der Waals surface area contributed by atoms with Gasteiger partial charge in [0, 0.05) is 13.7 Å². The van der Waals surface area contributed by atoms with Gasteiger partial charge in [-0.1, -0.05) is 0 Å². The van der Waals surface area contributed by atoms with Gasteiger partial charge in [-0.05, 0) is 12.8 Å². The number of rotatable bonds is 5. The van der Waals surface area contributed by atoms with Gasteiger partial charge in [0.15, 0.2) is 6.10 Å². The van der Waals surface area contributed by atoms with Crippen molar-refractivity contribution in [2.45, 2.75) is 18.9 Å². The summed E-state index contributed by atoms with van der Waals surface area (Å²) in [5, 5.41) is 16.9. The molecule has 0 spiro atoms. The number of hydrogen-bond acceptors (Lipinski definition) is 4. The third-order valence-corrected chi connectivity index (χ3v) is 1.11. The van der Waals surface area contributed by atoms with Crippen molar-refractivity contribution in [2.75, 3.05) is 13.7 Å². The molecule has 0 aromatic rings. The number of aliphatic carboxylic acids is 1. The molecule has 0 aliphatic rings. The first kappa shape index (κ1) is 13.0. The van der Waals surface area contributed by atoms with Gasteiger partial charge >= 0.3 is 5.97 Å². The average molecular weight is 165 g/mol. The number of hydrogen-bond donors (Lipinski definition) is 3. The Morgan fingerprint density at radius 1 is 1.64 bits per heavy atom. The number of aliphatic hydroxyl groups is 1. The molecule has 0 heterocycles. The number of ether oxygens (including phenoxy) is 1. The summed E-state index contributed by atoms with van der Waals surface area (Å²) >= 11 is 0. The molecule has 68 valence electrons. The summed E-state index contributed by atoms with van der Waals surface area (Å²) in [5.74, 6) is -1.17. The average Bonchev–Trinajstić information content (AvgIpc) is 1.88. The maximum Gasteiger partial charge on any atom is 0.332 e. The fourth-order valence-electron chi connectivity index (χ4n) is 0.544. The monoisotopic (exact) mass is 165 g/mol. The minimum atomic E-state index is -1.24. The Morgan fingerprint density at radius 3 is 2.55 bits per heavy atom. The maximum absolute atomic E-state index is 10.0. The van der Waals surface area contributed by atoms with E-state index in [2.05, 4.69) is 4.74 Å². The lowest BCUT2D eigenvalue weighted by Gasteiger charge is -2.02. The minimum Gasteiger partial charge on any atom is -0.479 e. The SMILES string of the molecule is COCCCC(O)C(=O)O.N. The van der Waals surface area contributed by atoms with Crippen LogP contribution in [-0.2, 0) is 9.53 Å². The fourth-order valence-corrected chi connectivity index (χ4v) is 0.544. The Bertz CT molecular complexity index is 107. The van der Waals surface area contributed by atoms with Gasteiger partial charge in [0.1, 0.15) is 0 Å². The highest BCUT2D eigenvalue weighted by Gasteiger charge is 2.11. The largest absolute Gasteiger partial charge is 0.479 e. The molecule has 11 heavy (non-hydrogen) atoms. The third kappa shape index (κ3) is 7.24. The lowest BCUT2D eigenvalue weighted by atomic mass is 10.2. The molecule has 0 aromatic heterocycles. The fraction of sp³-hybridized carbons (Fsp3) is 0.833. The van der Waals surface area contributed by atoms with Gasteiger partial charge in [-0.15, -0.1) is 0 Å². The molecule has 5 N–H and O–H groups in total. The zero-order valence-electron chi connectivity index (χ0n) is 6.62. The minimum absolute atomic E-state index is 0. The summed E-state index contributed by atoms with van der Waals surface area (Å²) in [6.45, 7) is 0.490. The van der Waals surface area contributed by atoms with E-state index in [0.29, 0.717) is 13.0 Å². The number of methoxy groups -OCH3 is 1.